The Labute approximate surface area is 106 Å². The average Bonchev–Trinajstić information content (AvgIpc) is 2.22. The van der Waals surface area contributed by atoms with Crippen molar-refractivity contribution in [2.75, 3.05) is 12.3 Å². The van der Waals surface area contributed by atoms with E-state index in [4.69, 9.17) is 5.14 Å². The third kappa shape index (κ3) is 3.76. The lowest BCUT2D eigenvalue weighted by molar-refractivity contribution is 0.296. The topological polar surface area (TPSA) is 72.2 Å². The zero-order valence-corrected chi connectivity index (χ0v) is 10.8. The number of benzene rings is 1. The molecule has 3 N–H and O–H groups in total. The minimum absolute atomic E-state index is 0.0370. The lowest BCUT2D eigenvalue weighted by Crippen LogP contribution is -2.42. The highest BCUT2D eigenvalue weighted by Crippen LogP contribution is 2.36. The van der Waals surface area contributed by atoms with Gasteiger partial charge < -0.3 is 5.32 Å². The van der Waals surface area contributed by atoms with Crippen LogP contribution in [0.2, 0.25) is 0 Å². The Kier molecular flexibility index (Phi) is 3.99. The molecule has 1 aliphatic rings. The lowest BCUT2D eigenvalue weighted by Gasteiger charge is -2.36. The van der Waals surface area contributed by atoms with E-state index in [2.05, 4.69) is 5.32 Å². The van der Waals surface area contributed by atoms with Gasteiger partial charge in [-0.1, -0.05) is 12.1 Å². The van der Waals surface area contributed by atoms with E-state index in [0.717, 1.165) is 18.4 Å². The molecule has 1 saturated carbocycles. The Balaban J connectivity index is 1.72. The highest BCUT2D eigenvalue weighted by Gasteiger charge is 2.29. The van der Waals surface area contributed by atoms with Crippen LogP contribution in [0, 0.1) is 5.82 Å². The van der Waals surface area contributed by atoms with E-state index in [-0.39, 0.29) is 11.6 Å². The van der Waals surface area contributed by atoms with Crippen LogP contribution in [0.25, 0.3) is 0 Å². The third-order valence-electron chi connectivity index (χ3n) is 3.30. The van der Waals surface area contributed by atoms with Crippen LogP contribution in [0.15, 0.2) is 24.3 Å². The van der Waals surface area contributed by atoms with Crippen molar-refractivity contribution in [2.24, 2.45) is 5.14 Å². The first-order chi connectivity index (χ1) is 8.44. The van der Waals surface area contributed by atoms with Crippen molar-refractivity contribution < 1.29 is 12.8 Å². The SMILES string of the molecule is NS(=O)(=O)CCNC1CC(c2ccc(F)cc2)C1. The van der Waals surface area contributed by atoms with Crippen molar-refractivity contribution in [2.45, 2.75) is 24.8 Å². The molecule has 0 amide bonds. The van der Waals surface area contributed by atoms with Crippen LogP contribution >= 0.6 is 0 Å². The number of sulfonamides is 1. The number of primary sulfonamides is 1. The van der Waals surface area contributed by atoms with Crippen molar-refractivity contribution >= 4 is 10.0 Å². The molecule has 1 aliphatic carbocycles. The summed E-state index contributed by atoms with van der Waals surface area (Å²) >= 11 is 0. The summed E-state index contributed by atoms with van der Waals surface area (Å²) in [6.45, 7) is 0.389. The van der Waals surface area contributed by atoms with Crippen LogP contribution in [0.4, 0.5) is 4.39 Å². The highest BCUT2D eigenvalue weighted by atomic mass is 32.2. The molecule has 4 nitrogen and oxygen atoms in total. The molecule has 0 atom stereocenters. The minimum atomic E-state index is -3.38. The maximum absolute atomic E-state index is 12.7. The maximum Gasteiger partial charge on any atom is 0.210 e. The molecule has 0 unspecified atom stereocenters. The van der Waals surface area contributed by atoms with Crippen molar-refractivity contribution in [3.63, 3.8) is 0 Å². The predicted molar refractivity (Wildman–Crippen MR) is 68.1 cm³/mol. The zero-order valence-electron chi connectivity index (χ0n) is 9.97. The summed E-state index contributed by atoms with van der Waals surface area (Å²) in [6.07, 6.45) is 1.91. The molecule has 0 saturated heterocycles. The molecular formula is C12H17FN2O2S. The van der Waals surface area contributed by atoms with Gasteiger partial charge in [0, 0.05) is 12.6 Å². The van der Waals surface area contributed by atoms with Crippen molar-refractivity contribution in [3.05, 3.63) is 35.6 Å². The van der Waals surface area contributed by atoms with Crippen molar-refractivity contribution in [1.29, 1.82) is 0 Å². The first-order valence-corrected chi connectivity index (χ1v) is 7.65. The van der Waals surface area contributed by atoms with Gasteiger partial charge >= 0.3 is 0 Å². The monoisotopic (exact) mass is 272 g/mol. The maximum atomic E-state index is 12.7. The molecule has 6 heteroatoms. The Morgan fingerprint density at radius 1 is 1.28 bits per heavy atom. The Bertz CT molecular complexity index is 495. The third-order valence-corrected chi connectivity index (χ3v) is 4.07. The van der Waals surface area contributed by atoms with Crippen LogP contribution in [0.5, 0.6) is 0 Å². The summed E-state index contributed by atoms with van der Waals surface area (Å²) in [7, 11) is -3.38. The number of rotatable bonds is 5. The van der Waals surface area contributed by atoms with E-state index >= 15 is 0 Å². The molecule has 0 aromatic heterocycles. The first-order valence-electron chi connectivity index (χ1n) is 5.93. The Morgan fingerprint density at radius 2 is 1.89 bits per heavy atom. The van der Waals surface area contributed by atoms with E-state index in [9.17, 15) is 12.8 Å². The molecule has 0 aliphatic heterocycles. The van der Waals surface area contributed by atoms with E-state index < -0.39 is 10.0 Å². The van der Waals surface area contributed by atoms with Gasteiger partial charge in [-0.25, -0.2) is 17.9 Å². The van der Waals surface area contributed by atoms with Crippen LogP contribution in [-0.4, -0.2) is 26.8 Å². The molecule has 1 aromatic rings. The molecule has 1 aromatic carbocycles. The van der Waals surface area contributed by atoms with Crippen LogP contribution in [0.1, 0.15) is 24.3 Å². The Hall–Kier alpha value is -0.980. The molecule has 0 spiro atoms. The number of nitrogens with one attached hydrogen (secondary N) is 1. The molecule has 1 fully saturated rings. The quantitative estimate of drug-likeness (QED) is 0.838. The second-order valence-corrected chi connectivity index (χ2v) is 6.47. The van der Waals surface area contributed by atoms with Gasteiger partial charge in [0.1, 0.15) is 5.82 Å². The summed E-state index contributed by atoms with van der Waals surface area (Å²) in [4.78, 5) is 0. The lowest BCUT2D eigenvalue weighted by atomic mass is 9.76. The molecule has 18 heavy (non-hydrogen) atoms. The first kappa shape index (κ1) is 13.5. The van der Waals surface area contributed by atoms with Gasteiger partial charge in [-0.05, 0) is 36.5 Å². The van der Waals surface area contributed by atoms with Gasteiger partial charge in [-0.15, -0.1) is 0 Å². The van der Waals surface area contributed by atoms with Crippen molar-refractivity contribution in [3.8, 4) is 0 Å². The van der Waals surface area contributed by atoms with Gasteiger partial charge in [0.15, 0.2) is 0 Å². The van der Waals surface area contributed by atoms with Gasteiger partial charge in [-0.2, -0.15) is 0 Å². The van der Waals surface area contributed by atoms with Crippen LogP contribution < -0.4 is 10.5 Å². The highest BCUT2D eigenvalue weighted by molar-refractivity contribution is 7.89. The van der Waals surface area contributed by atoms with E-state index in [0.29, 0.717) is 18.5 Å². The molecule has 0 radical (unpaired) electrons. The number of hydrogen-bond donors (Lipinski definition) is 2. The van der Waals surface area contributed by atoms with E-state index in [1.54, 1.807) is 12.1 Å². The van der Waals surface area contributed by atoms with Gasteiger partial charge in [0.05, 0.1) is 5.75 Å². The largest absolute Gasteiger partial charge is 0.313 e. The smallest absolute Gasteiger partial charge is 0.210 e. The second-order valence-electron chi connectivity index (χ2n) is 4.74. The molecule has 0 heterocycles. The summed E-state index contributed by atoms with van der Waals surface area (Å²) in [6, 6.07) is 6.89. The number of hydrogen-bond acceptors (Lipinski definition) is 3. The van der Waals surface area contributed by atoms with Crippen LogP contribution in [0.3, 0.4) is 0 Å². The zero-order chi connectivity index (χ0) is 13.2. The molecule has 2 rings (SSSR count). The number of nitrogens with two attached hydrogens (primary N) is 1. The van der Waals surface area contributed by atoms with Gasteiger partial charge in [0.2, 0.25) is 10.0 Å². The fourth-order valence-electron chi connectivity index (χ4n) is 2.20. The van der Waals surface area contributed by atoms with Gasteiger partial charge in [0.25, 0.3) is 0 Å². The minimum Gasteiger partial charge on any atom is -0.313 e. The van der Waals surface area contributed by atoms with E-state index in [1.807, 2.05) is 0 Å². The normalized spacial score (nSPS) is 23.7. The standard InChI is InChI=1S/C12H17FN2O2S/c13-11-3-1-9(2-4-11)10-7-12(8-10)15-5-6-18(14,16)17/h1-4,10,12,15H,5-8H2,(H2,14,16,17). The van der Waals surface area contributed by atoms with Crippen LogP contribution in [-0.2, 0) is 10.0 Å². The fraction of sp³-hybridized carbons (Fsp3) is 0.500. The fourth-order valence-corrected chi connectivity index (χ4v) is 2.60. The molecule has 100 valence electrons. The average molecular weight is 272 g/mol. The van der Waals surface area contributed by atoms with Gasteiger partial charge in [-0.3, -0.25) is 0 Å². The number of halogens is 1. The summed E-state index contributed by atoms with van der Waals surface area (Å²) < 4.78 is 34.2. The Morgan fingerprint density at radius 3 is 2.44 bits per heavy atom. The van der Waals surface area contributed by atoms with Crippen molar-refractivity contribution in [1.82, 2.24) is 5.32 Å². The summed E-state index contributed by atoms with van der Waals surface area (Å²) in [5.41, 5.74) is 1.14. The second kappa shape index (κ2) is 5.34. The summed E-state index contributed by atoms with van der Waals surface area (Å²) in [5.74, 6) is 0.184. The van der Waals surface area contributed by atoms with E-state index in [1.165, 1.54) is 12.1 Å². The molecule has 0 bridgehead atoms. The predicted octanol–water partition coefficient (Wildman–Crippen LogP) is 0.950. The molecular weight excluding hydrogens is 255 g/mol. The summed E-state index contributed by atoms with van der Waals surface area (Å²) in [5, 5.41) is 8.06.